The van der Waals surface area contributed by atoms with Gasteiger partial charge < -0.3 is 15.4 Å². The van der Waals surface area contributed by atoms with Crippen LogP contribution in [0.2, 0.25) is 5.02 Å². The van der Waals surface area contributed by atoms with Gasteiger partial charge in [-0.05, 0) is 35.4 Å². The summed E-state index contributed by atoms with van der Waals surface area (Å²) in [7, 11) is 1.47. The van der Waals surface area contributed by atoms with Gasteiger partial charge in [0.2, 0.25) is 11.8 Å². The molecule has 0 radical (unpaired) electrons. The van der Waals surface area contributed by atoms with Crippen molar-refractivity contribution >= 4 is 29.1 Å². The highest BCUT2D eigenvalue weighted by Crippen LogP contribution is 2.26. The Kier molecular flexibility index (Phi) is 7.00. The number of benzene rings is 2. The molecule has 2 atom stereocenters. The number of hydrogen-bond acceptors (Lipinski definition) is 5. The maximum Gasteiger partial charge on any atom is 0.250 e. The smallest absolute Gasteiger partial charge is 0.250 e. The van der Waals surface area contributed by atoms with Crippen LogP contribution in [-0.4, -0.2) is 32.1 Å². The van der Waals surface area contributed by atoms with E-state index in [9.17, 15) is 9.59 Å². The van der Waals surface area contributed by atoms with Crippen molar-refractivity contribution in [3.63, 3.8) is 0 Å². The minimum atomic E-state index is -0.245. The molecule has 0 bridgehead atoms. The number of anilines is 1. The molecule has 1 heterocycles. The van der Waals surface area contributed by atoms with Crippen LogP contribution in [0.15, 0.2) is 48.5 Å². The number of carbonyl (C=O) groups is 2. The molecular formula is C20H23ClN4O3. The van der Waals surface area contributed by atoms with Crippen molar-refractivity contribution in [1.29, 1.82) is 0 Å². The topological polar surface area (TPSA) is 91.5 Å². The zero-order chi connectivity index (χ0) is 19.9. The second-order valence-electron chi connectivity index (χ2n) is 6.56. The van der Waals surface area contributed by atoms with Crippen molar-refractivity contribution in [2.45, 2.75) is 12.6 Å². The van der Waals surface area contributed by atoms with Gasteiger partial charge in [-0.1, -0.05) is 35.9 Å². The molecule has 1 aliphatic rings. The number of amides is 2. The molecule has 2 aromatic carbocycles. The predicted octanol–water partition coefficient (Wildman–Crippen LogP) is 2.01. The Morgan fingerprint density at radius 1 is 1.21 bits per heavy atom. The van der Waals surface area contributed by atoms with E-state index in [0.717, 1.165) is 11.1 Å². The maximum atomic E-state index is 12.7. The lowest BCUT2D eigenvalue weighted by atomic mass is 9.94. The summed E-state index contributed by atoms with van der Waals surface area (Å²) in [6, 6.07) is 14.7. The van der Waals surface area contributed by atoms with Gasteiger partial charge in [0.25, 0.3) is 0 Å². The highest BCUT2D eigenvalue weighted by atomic mass is 35.5. The Morgan fingerprint density at radius 2 is 2.00 bits per heavy atom. The first-order valence-corrected chi connectivity index (χ1v) is 9.34. The van der Waals surface area contributed by atoms with E-state index in [1.54, 1.807) is 6.07 Å². The molecule has 148 valence electrons. The van der Waals surface area contributed by atoms with Gasteiger partial charge in [0.15, 0.2) is 0 Å². The Bertz CT molecular complexity index is 828. The summed E-state index contributed by atoms with van der Waals surface area (Å²) in [5, 5.41) is 6.39. The second-order valence-corrected chi connectivity index (χ2v) is 7.00. The van der Waals surface area contributed by atoms with Gasteiger partial charge in [-0.15, -0.1) is 0 Å². The van der Waals surface area contributed by atoms with E-state index in [1.165, 1.54) is 7.11 Å². The van der Waals surface area contributed by atoms with E-state index in [4.69, 9.17) is 16.3 Å². The molecule has 0 aromatic heterocycles. The van der Waals surface area contributed by atoms with Crippen molar-refractivity contribution in [3.05, 3.63) is 64.7 Å². The van der Waals surface area contributed by atoms with Gasteiger partial charge in [-0.25, -0.2) is 5.43 Å². The molecule has 1 aliphatic heterocycles. The van der Waals surface area contributed by atoms with Crippen molar-refractivity contribution in [1.82, 2.24) is 16.2 Å². The van der Waals surface area contributed by atoms with Gasteiger partial charge in [-0.3, -0.25) is 15.0 Å². The van der Waals surface area contributed by atoms with E-state index in [1.807, 2.05) is 42.5 Å². The predicted molar refractivity (Wildman–Crippen MR) is 108 cm³/mol. The molecule has 2 amide bonds. The average molecular weight is 403 g/mol. The van der Waals surface area contributed by atoms with Crippen LogP contribution >= 0.6 is 11.6 Å². The number of hydrogen-bond donors (Lipinski definition) is 4. The first kappa shape index (κ1) is 20.3. The Labute approximate surface area is 168 Å². The molecule has 0 spiro atoms. The molecule has 0 aliphatic carbocycles. The van der Waals surface area contributed by atoms with Crippen LogP contribution in [-0.2, 0) is 20.9 Å². The summed E-state index contributed by atoms with van der Waals surface area (Å²) in [5.74, 6) is -0.519. The maximum absolute atomic E-state index is 12.7. The molecule has 2 unspecified atom stereocenters. The lowest BCUT2D eigenvalue weighted by Gasteiger charge is -2.18. The van der Waals surface area contributed by atoms with E-state index in [2.05, 4.69) is 21.5 Å². The summed E-state index contributed by atoms with van der Waals surface area (Å²) in [6.45, 7) is 0.900. The largest absolute Gasteiger partial charge is 0.375 e. The lowest BCUT2D eigenvalue weighted by molar-refractivity contribution is -0.125. The lowest BCUT2D eigenvalue weighted by Crippen LogP contribution is -2.34. The summed E-state index contributed by atoms with van der Waals surface area (Å²) < 4.78 is 4.81. The Morgan fingerprint density at radius 3 is 2.75 bits per heavy atom. The molecule has 8 heteroatoms. The van der Waals surface area contributed by atoms with Gasteiger partial charge in [0.05, 0.1) is 12.0 Å². The number of rotatable bonds is 7. The van der Waals surface area contributed by atoms with Gasteiger partial charge in [0, 0.05) is 30.9 Å². The number of carbonyl (C=O) groups excluding carboxylic acids is 2. The average Bonchev–Trinajstić information content (AvgIpc) is 3.17. The normalized spacial score (nSPS) is 18.6. The molecule has 1 fully saturated rings. The number of methoxy groups -OCH3 is 1. The van der Waals surface area contributed by atoms with Crippen LogP contribution in [0.3, 0.4) is 0 Å². The van der Waals surface area contributed by atoms with Crippen LogP contribution in [0.5, 0.6) is 0 Å². The summed E-state index contributed by atoms with van der Waals surface area (Å²) >= 11 is 5.95. The molecule has 1 saturated heterocycles. The molecule has 4 N–H and O–H groups in total. The van der Waals surface area contributed by atoms with Crippen LogP contribution in [0, 0.1) is 5.92 Å². The summed E-state index contributed by atoms with van der Waals surface area (Å²) in [6.07, 6.45) is 0. The van der Waals surface area contributed by atoms with E-state index in [0.29, 0.717) is 23.8 Å². The van der Waals surface area contributed by atoms with E-state index in [-0.39, 0.29) is 30.4 Å². The molecule has 7 nitrogen and oxygen atoms in total. The van der Waals surface area contributed by atoms with Crippen LogP contribution in [0.1, 0.15) is 17.2 Å². The SMILES string of the molecule is COCC(=O)Nc1cccc(CNC(=O)C2CNNC2c2ccc(Cl)cc2)c1. The van der Waals surface area contributed by atoms with E-state index >= 15 is 0 Å². The third kappa shape index (κ3) is 5.30. The fraction of sp³-hybridized carbons (Fsp3) is 0.300. The van der Waals surface area contributed by atoms with Crippen molar-refractivity contribution in [2.75, 3.05) is 25.6 Å². The Balaban J connectivity index is 1.59. The highest BCUT2D eigenvalue weighted by molar-refractivity contribution is 6.30. The van der Waals surface area contributed by atoms with Crippen molar-refractivity contribution in [2.24, 2.45) is 5.92 Å². The summed E-state index contributed by atoms with van der Waals surface area (Å²) in [4.78, 5) is 24.3. The molecular weight excluding hydrogens is 380 g/mol. The van der Waals surface area contributed by atoms with Crippen molar-refractivity contribution < 1.29 is 14.3 Å². The number of hydrazine groups is 1. The minimum absolute atomic E-state index is 0.00523. The highest BCUT2D eigenvalue weighted by Gasteiger charge is 2.33. The summed E-state index contributed by atoms with van der Waals surface area (Å²) in [5.41, 5.74) is 8.76. The molecule has 2 aromatic rings. The monoisotopic (exact) mass is 402 g/mol. The zero-order valence-corrected chi connectivity index (χ0v) is 16.3. The second kappa shape index (κ2) is 9.66. The quantitative estimate of drug-likeness (QED) is 0.568. The molecule has 3 rings (SSSR count). The first-order valence-electron chi connectivity index (χ1n) is 8.96. The number of halogens is 1. The Hall–Kier alpha value is -2.45. The van der Waals surface area contributed by atoms with Crippen molar-refractivity contribution in [3.8, 4) is 0 Å². The molecule has 0 saturated carbocycles. The standard InChI is InChI=1S/C20H23ClN4O3/c1-28-12-18(26)24-16-4-2-3-13(9-16)10-22-20(27)17-11-23-25-19(17)14-5-7-15(21)8-6-14/h2-9,17,19,23,25H,10-12H2,1H3,(H,22,27)(H,24,26). The van der Waals surface area contributed by atoms with Crippen LogP contribution in [0.4, 0.5) is 5.69 Å². The third-order valence-corrected chi connectivity index (χ3v) is 4.75. The molecule has 28 heavy (non-hydrogen) atoms. The number of ether oxygens (including phenoxy) is 1. The van der Waals surface area contributed by atoms with Gasteiger partial charge in [-0.2, -0.15) is 0 Å². The minimum Gasteiger partial charge on any atom is -0.375 e. The zero-order valence-electron chi connectivity index (χ0n) is 15.5. The van der Waals surface area contributed by atoms with Crippen LogP contribution < -0.4 is 21.5 Å². The first-order chi connectivity index (χ1) is 13.6. The fourth-order valence-electron chi connectivity index (χ4n) is 3.13. The van der Waals surface area contributed by atoms with Crippen LogP contribution in [0.25, 0.3) is 0 Å². The van der Waals surface area contributed by atoms with Gasteiger partial charge in [0.1, 0.15) is 6.61 Å². The number of nitrogens with one attached hydrogen (secondary N) is 4. The third-order valence-electron chi connectivity index (χ3n) is 4.50. The fourth-order valence-corrected chi connectivity index (χ4v) is 3.26. The van der Waals surface area contributed by atoms with E-state index < -0.39 is 0 Å². The van der Waals surface area contributed by atoms with Gasteiger partial charge >= 0.3 is 0 Å².